The molecule has 0 atom stereocenters. The molecule has 2 rings (SSSR count). The third-order valence-corrected chi connectivity index (χ3v) is 2.54. The van der Waals surface area contributed by atoms with E-state index < -0.39 is 0 Å². The van der Waals surface area contributed by atoms with Gasteiger partial charge in [0.15, 0.2) is 0 Å². The van der Waals surface area contributed by atoms with Crippen LogP contribution in [0, 0.1) is 0 Å². The number of aromatic amines is 1. The molecule has 0 bridgehead atoms. The first-order chi connectivity index (χ1) is 6.86. The smallest absolute Gasteiger partial charge is 0.129 e. The van der Waals surface area contributed by atoms with E-state index in [9.17, 15) is 0 Å². The van der Waals surface area contributed by atoms with Crippen LogP contribution in [0.25, 0.3) is 0 Å². The SMILES string of the molecule is Brc1ncccc1NCc1cc[nH]c1. The Morgan fingerprint density at radius 1 is 1.43 bits per heavy atom. The number of nitrogens with zero attached hydrogens (tertiary/aromatic N) is 1. The third-order valence-electron chi connectivity index (χ3n) is 1.90. The lowest BCUT2D eigenvalue weighted by Crippen LogP contribution is -1.99. The van der Waals surface area contributed by atoms with Gasteiger partial charge in [0.25, 0.3) is 0 Å². The molecule has 0 aliphatic rings. The van der Waals surface area contributed by atoms with Gasteiger partial charge < -0.3 is 10.3 Å². The molecule has 4 heteroatoms. The largest absolute Gasteiger partial charge is 0.379 e. The van der Waals surface area contributed by atoms with E-state index in [4.69, 9.17) is 0 Å². The van der Waals surface area contributed by atoms with Crippen molar-refractivity contribution in [1.29, 1.82) is 0 Å². The first kappa shape index (κ1) is 9.27. The molecule has 2 N–H and O–H groups in total. The Kier molecular flexibility index (Phi) is 2.84. The van der Waals surface area contributed by atoms with Crippen LogP contribution in [-0.4, -0.2) is 9.97 Å². The van der Waals surface area contributed by atoms with Gasteiger partial charge in [0, 0.05) is 25.1 Å². The van der Waals surface area contributed by atoms with Gasteiger partial charge in [-0.2, -0.15) is 0 Å². The lowest BCUT2D eigenvalue weighted by molar-refractivity contribution is 1.13. The van der Waals surface area contributed by atoms with Crippen molar-refractivity contribution in [3.05, 3.63) is 47.0 Å². The van der Waals surface area contributed by atoms with Crippen molar-refractivity contribution in [2.75, 3.05) is 5.32 Å². The van der Waals surface area contributed by atoms with E-state index in [1.165, 1.54) is 5.56 Å². The molecule has 0 aliphatic heterocycles. The van der Waals surface area contributed by atoms with Crippen LogP contribution in [0.1, 0.15) is 5.56 Å². The highest BCUT2D eigenvalue weighted by Crippen LogP contribution is 2.18. The van der Waals surface area contributed by atoms with Gasteiger partial charge in [-0.05, 0) is 39.7 Å². The summed E-state index contributed by atoms with van der Waals surface area (Å²) in [5, 5.41) is 3.29. The average molecular weight is 252 g/mol. The van der Waals surface area contributed by atoms with Crippen molar-refractivity contribution in [2.24, 2.45) is 0 Å². The minimum atomic E-state index is 0.799. The summed E-state index contributed by atoms with van der Waals surface area (Å²) in [7, 11) is 0. The molecule has 14 heavy (non-hydrogen) atoms. The molecule has 72 valence electrons. The molecule has 0 saturated carbocycles. The highest BCUT2D eigenvalue weighted by Gasteiger charge is 1.98. The van der Waals surface area contributed by atoms with Crippen molar-refractivity contribution in [2.45, 2.75) is 6.54 Å². The van der Waals surface area contributed by atoms with Crippen LogP contribution in [0.2, 0.25) is 0 Å². The zero-order chi connectivity index (χ0) is 9.80. The standard InChI is InChI=1S/C10H10BrN3/c11-10-9(2-1-4-13-10)14-7-8-3-5-12-6-8/h1-6,12,14H,7H2. The van der Waals surface area contributed by atoms with E-state index in [-0.39, 0.29) is 0 Å². The number of hydrogen-bond donors (Lipinski definition) is 2. The summed E-state index contributed by atoms with van der Waals surface area (Å²) in [5.74, 6) is 0. The molecule has 0 radical (unpaired) electrons. The van der Waals surface area contributed by atoms with Crippen LogP contribution in [0.15, 0.2) is 41.4 Å². The maximum atomic E-state index is 4.13. The molecule has 0 unspecified atom stereocenters. The van der Waals surface area contributed by atoms with E-state index in [2.05, 4.69) is 31.2 Å². The van der Waals surface area contributed by atoms with Gasteiger partial charge in [-0.25, -0.2) is 4.98 Å². The second-order valence-corrected chi connectivity index (χ2v) is 3.67. The lowest BCUT2D eigenvalue weighted by atomic mass is 10.3. The molecule has 0 aromatic carbocycles. The first-order valence-electron chi connectivity index (χ1n) is 4.32. The molecule has 2 aromatic rings. The van der Waals surface area contributed by atoms with Crippen LogP contribution in [0.4, 0.5) is 5.69 Å². The van der Waals surface area contributed by atoms with Crippen LogP contribution in [0.5, 0.6) is 0 Å². The quantitative estimate of drug-likeness (QED) is 0.824. The molecular weight excluding hydrogens is 242 g/mol. The Bertz CT molecular complexity index is 398. The van der Waals surface area contributed by atoms with Gasteiger partial charge in [-0.3, -0.25) is 0 Å². The van der Waals surface area contributed by atoms with E-state index in [1.807, 2.05) is 30.6 Å². The number of hydrogen-bond acceptors (Lipinski definition) is 2. The van der Waals surface area contributed by atoms with Gasteiger partial charge in [-0.15, -0.1) is 0 Å². The fraction of sp³-hybridized carbons (Fsp3) is 0.100. The Morgan fingerprint density at radius 3 is 3.07 bits per heavy atom. The maximum Gasteiger partial charge on any atom is 0.129 e. The van der Waals surface area contributed by atoms with Gasteiger partial charge in [-0.1, -0.05) is 0 Å². The monoisotopic (exact) mass is 251 g/mol. The number of pyridine rings is 1. The number of aromatic nitrogens is 2. The molecule has 2 heterocycles. The third kappa shape index (κ3) is 2.14. The van der Waals surface area contributed by atoms with Crippen LogP contribution in [0.3, 0.4) is 0 Å². The number of nitrogens with one attached hydrogen (secondary N) is 2. The predicted molar refractivity (Wildman–Crippen MR) is 60.1 cm³/mol. The average Bonchev–Trinajstić information content (AvgIpc) is 2.69. The topological polar surface area (TPSA) is 40.7 Å². The highest BCUT2D eigenvalue weighted by atomic mass is 79.9. The lowest BCUT2D eigenvalue weighted by Gasteiger charge is -2.05. The van der Waals surface area contributed by atoms with Crippen molar-refractivity contribution in [3.63, 3.8) is 0 Å². The number of halogens is 1. The van der Waals surface area contributed by atoms with Crippen molar-refractivity contribution in [3.8, 4) is 0 Å². The Hall–Kier alpha value is -1.29. The van der Waals surface area contributed by atoms with E-state index in [1.54, 1.807) is 6.20 Å². The fourth-order valence-electron chi connectivity index (χ4n) is 1.18. The summed E-state index contributed by atoms with van der Waals surface area (Å²) < 4.78 is 0.843. The molecule has 3 nitrogen and oxygen atoms in total. The summed E-state index contributed by atoms with van der Waals surface area (Å²) in [5.41, 5.74) is 2.23. The second kappa shape index (κ2) is 4.28. The van der Waals surface area contributed by atoms with Crippen molar-refractivity contribution < 1.29 is 0 Å². The molecular formula is C10H10BrN3. The van der Waals surface area contributed by atoms with Crippen LogP contribution < -0.4 is 5.32 Å². The zero-order valence-corrected chi connectivity index (χ0v) is 9.08. The second-order valence-electron chi connectivity index (χ2n) is 2.91. The van der Waals surface area contributed by atoms with Crippen LogP contribution >= 0.6 is 15.9 Å². The summed E-state index contributed by atoms with van der Waals surface area (Å²) in [6.07, 6.45) is 5.64. The van der Waals surface area contributed by atoms with Gasteiger partial charge in [0.05, 0.1) is 5.69 Å². The van der Waals surface area contributed by atoms with Crippen molar-refractivity contribution in [1.82, 2.24) is 9.97 Å². The normalized spacial score (nSPS) is 10.1. The minimum absolute atomic E-state index is 0.799. The number of anilines is 1. The Morgan fingerprint density at radius 2 is 2.36 bits per heavy atom. The molecule has 0 saturated heterocycles. The highest BCUT2D eigenvalue weighted by molar-refractivity contribution is 9.10. The van der Waals surface area contributed by atoms with E-state index >= 15 is 0 Å². The molecule has 0 spiro atoms. The predicted octanol–water partition coefficient (Wildman–Crippen LogP) is 2.78. The van der Waals surface area contributed by atoms with Crippen LogP contribution in [-0.2, 0) is 6.54 Å². The maximum absolute atomic E-state index is 4.13. The Balaban J connectivity index is 2.02. The van der Waals surface area contributed by atoms with E-state index in [0.717, 1.165) is 16.8 Å². The molecule has 0 aliphatic carbocycles. The summed E-state index contributed by atoms with van der Waals surface area (Å²) >= 11 is 3.38. The molecule has 2 aromatic heterocycles. The first-order valence-corrected chi connectivity index (χ1v) is 5.11. The van der Waals surface area contributed by atoms with E-state index in [0.29, 0.717) is 0 Å². The van der Waals surface area contributed by atoms with Gasteiger partial charge >= 0.3 is 0 Å². The zero-order valence-electron chi connectivity index (χ0n) is 7.50. The number of rotatable bonds is 3. The summed E-state index contributed by atoms with van der Waals surface area (Å²) in [6, 6.07) is 5.94. The minimum Gasteiger partial charge on any atom is -0.379 e. The number of H-pyrrole nitrogens is 1. The summed E-state index contributed by atoms with van der Waals surface area (Å²) in [4.78, 5) is 7.14. The summed E-state index contributed by atoms with van der Waals surface area (Å²) in [6.45, 7) is 0.799. The molecule has 0 amide bonds. The van der Waals surface area contributed by atoms with Crippen molar-refractivity contribution >= 4 is 21.6 Å². The fourth-order valence-corrected chi connectivity index (χ4v) is 1.57. The Labute approximate surface area is 90.7 Å². The van der Waals surface area contributed by atoms with Gasteiger partial charge in [0.2, 0.25) is 0 Å². The van der Waals surface area contributed by atoms with Gasteiger partial charge in [0.1, 0.15) is 4.60 Å². The molecule has 0 fully saturated rings.